The molecule has 7 heteroatoms. The Morgan fingerprint density at radius 1 is 1.04 bits per heavy atom. The Morgan fingerprint density at radius 2 is 1.71 bits per heavy atom. The second-order valence-electron chi connectivity index (χ2n) is 6.36. The Bertz CT molecular complexity index is 1010. The number of esters is 2. The van der Waals surface area contributed by atoms with Crippen molar-refractivity contribution in [2.45, 2.75) is 12.1 Å². The molecule has 2 aromatic rings. The van der Waals surface area contributed by atoms with Crippen LogP contribution in [-0.2, 0) is 40.7 Å². The minimum absolute atomic E-state index is 0.240. The lowest BCUT2D eigenvalue weighted by atomic mass is 9.87. The molecule has 142 valence electrons. The minimum Gasteiger partial charge on any atom is -0.489 e. The normalized spacial score (nSPS) is 20.4. The number of hydrogen-bond acceptors (Lipinski definition) is 6. The minimum atomic E-state index is -1.92. The molecule has 1 atom stereocenters. The predicted molar refractivity (Wildman–Crippen MR) is 97.9 cm³/mol. The van der Waals surface area contributed by atoms with Crippen LogP contribution < -0.4 is 4.90 Å². The zero-order valence-electron chi connectivity index (χ0n) is 15.3. The monoisotopic (exact) mass is 379 g/mol. The van der Waals surface area contributed by atoms with Gasteiger partial charge in [0.1, 0.15) is 5.57 Å². The van der Waals surface area contributed by atoms with Crippen molar-refractivity contribution in [3.05, 3.63) is 77.1 Å². The molecule has 0 saturated carbocycles. The highest BCUT2D eigenvalue weighted by molar-refractivity contribution is 6.19. The number of fused-ring (bicyclic) bond motifs is 2. The number of carbonyl (C=O) groups is 3. The molecule has 2 heterocycles. The van der Waals surface area contributed by atoms with E-state index in [2.05, 4.69) is 0 Å². The van der Waals surface area contributed by atoms with Gasteiger partial charge in [0.05, 0.1) is 26.5 Å². The molecule has 28 heavy (non-hydrogen) atoms. The molecule has 0 saturated heterocycles. The highest BCUT2D eigenvalue weighted by Crippen LogP contribution is 2.52. The summed E-state index contributed by atoms with van der Waals surface area (Å²) in [5, 5.41) is 0. The van der Waals surface area contributed by atoms with E-state index in [1.807, 2.05) is 30.3 Å². The summed E-state index contributed by atoms with van der Waals surface area (Å²) in [4.78, 5) is 40.1. The van der Waals surface area contributed by atoms with Gasteiger partial charge in [0.2, 0.25) is 5.76 Å². The highest BCUT2D eigenvalue weighted by atomic mass is 16.6. The first-order valence-electron chi connectivity index (χ1n) is 8.60. The standard InChI is InChI=1S/C21H17NO6/c1-26-17-16(18(23)27-2)21(28-19(17)24)14-10-6-7-11-15(14)22(20(21)25)12-13-8-4-3-5-9-13/h3-11H,12H2,1-2H3. The number of methoxy groups -OCH3 is 2. The van der Waals surface area contributed by atoms with E-state index in [9.17, 15) is 14.4 Å². The zero-order chi connectivity index (χ0) is 19.9. The summed E-state index contributed by atoms with van der Waals surface area (Å²) in [6, 6.07) is 16.3. The first-order valence-corrected chi connectivity index (χ1v) is 8.60. The fourth-order valence-corrected chi connectivity index (χ4v) is 3.71. The maximum atomic E-state index is 13.6. The average Bonchev–Trinajstić information content (AvgIpc) is 3.15. The molecule has 0 fully saturated rings. The number of hydrogen-bond donors (Lipinski definition) is 0. The molecule has 7 nitrogen and oxygen atoms in total. The first-order chi connectivity index (χ1) is 13.5. The van der Waals surface area contributed by atoms with Crippen molar-refractivity contribution in [3.8, 4) is 0 Å². The van der Waals surface area contributed by atoms with Crippen molar-refractivity contribution in [1.82, 2.24) is 0 Å². The molecule has 0 aliphatic carbocycles. The molecule has 1 unspecified atom stereocenters. The Kier molecular flexibility index (Phi) is 4.15. The van der Waals surface area contributed by atoms with Gasteiger partial charge in [-0.05, 0) is 11.6 Å². The Balaban J connectivity index is 1.91. The van der Waals surface area contributed by atoms with E-state index in [4.69, 9.17) is 14.2 Å². The highest BCUT2D eigenvalue weighted by Gasteiger charge is 2.64. The smallest absolute Gasteiger partial charge is 0.376 e. The van der Waals surface area contributed by atoms with Crippen LogP contribution in [0.1, 0.15) is 11.1 Å². The number of nitrogens with zero attached hydrogens (tertiary/aromatic N) is 1. The number of amides is 1. The summed E-state index contributed by atoms with van der Waals surface area (Å²) < 4.78 is 15.5. The first kappa shape index (κ1) is 17.8. The SMILES string of the molecule is COC(=O)C1=C(OC)C(=O)OC12C(=O)N(Cc1ccccc1)c1ccccc12. The number of rotatable bonds is 4. The van der Waals surface area contributed by atoms with Crippen molar-refractivity contribution in [2.75, 3.05) is 19.1 Å². The third kappa shape index (κ3) is 2.32. The van der Waals surface area contributed by atoms with E-state index in [0.29, 0.717) is 11.3 Å². The summed E-state index contributed by atoms with van der Waals surface area (Å²) in [7, 11) is 2.41. The van der Waals surface area contributed by atoms with Gasteiger partial charge in [0.25, 0.3) is 11.5 Å². The van der Waals surface area contributed by atoms with Gasteiger partial charge in [-0.25, -0.2) is 9.59 Å². The molecule has 0 radical (unpaired) electrons. The molecule has 0 aromatic heterocycles. The van der Waals surface area contributed by atoms with E-state index in [-0.39, 0.29) is 17.9 Å². The topological polar surface area (TPSA) is 82.1 Å². The van der Waals surface area contributed by atoms with E-state index < -0.39 is 23.4 Å². The van der Waals surface area contributed by atoms with E-state index >= 15 is 0 Å². The molecule has 2 aliphatic heterocycles. The van der Waals surface area contributed by atoms with Crippen molar-refractivity contribution in [3.63, 3.8) is 0 Å². The van der Waals surface area contributed by atoms with Crippen LogP contribution >= 0.6 is 0 Å². The number of carbonyl (C=O) groups excluding carboxylic acids is 3. The summed E-state index contributed by atoms with van der Waals surface area (Å²) in [6.45, 7) is 0.257. The lowest BCUT2D eigenvalue weighted by Crippen LogP contribution is -2.44. The van der Waals surface area contributed by atoms with Gasteiger partial charge >= 0.3 is 11.9 Å². The molecular weight excluding hydrogens is 362 g/mol. The van der Waals surface area contributed by atoms with Gasteiger partial charge in [0, 0.05) is 5.56 Å². The number of anilines is 1. The molecule has 2 aliphatic rings. The van der Waals surface area contributed by atoms with Gasteiger partial charge in [-0.15, -0.1) is 0 Å². The lowest BCUT2D eigenvalue weighted by Gasteiger charge is -2.24. The van der Waals surface area contributed by atoms with Gasteiger partial charge in [-0.1, -0.05) is 48.5 Å². The van der Waals surface area contributed by atoms with E-state index in [0.717, 1.165) is 5.56 Å². The van der Waals surface area contributed by atoms with Crippen LogP contribution in [0.3, 0.4) is 0 Å². The van der Waals surface area contributed by atoms with Crippen LogP contribution in [0.4, 0.5) is 5.69 Å². The van der Waals surface area contributed by atoms with Gasteiger partial charge in [-0.2, -0.15) is 0 Å². The fraction of sp³-hybridized carbons (Fsp3) is 0.190. The summed E-state index contributed by atoms with van der Waals surface area (Å²) in [5.74, 6) is -2.60. The van der Waals surface area contributed by atoms with Crippen LogP contribution in [0.15, 0.2) is 65.9 Å². The molecule has 2 aromatic carbocycles. The Labute approximate surface area is 161 Å². The quantitative estimate of drug-likeness (QED) is 0.757. The Hall–Kier alpha value is -3.61. The number of benzene rings is 2. The van der Waals surface area contributed by atoms with E-state index in [1.165, 1.54) is 19.1 Å². The molecule has 0 N–H and O–H groups in total. The largest absolute Gasteiger partial charge is 0.489 e. The lowest BCUT2D eigenvalue weighted by molar-refractivity contribution is -0.159. The van der Waals surface area contributed by atoms with Crippen LogP contribution in [0.2, 0.25) is 0 Å². The third-order valence-electron chi connectivity index (χ3n) is 4.91. The maximum absolute atomic E-state index is 13.6. The molecule has 0 bridgehead atoms. The van der Waals surface area contributed by atoms with Gasteiger partial charge in [0.15, 0.2) is 0 Å². The summed E-state index contributed by atoms with van der Waals surface area (Å²) >= 11 is 0. The van der Waals surface area contributed by atoms with Crippen molar-refractivity contribution in [2.24, 2.45) is 0 Å². The molecular formula is C21H17NO6. The maximum Gasteiger partial charge on any atom is 0.376 e. The van der Waals surface area contributed by atoms with Crippen molar-refractivity contribution < 1.29 is 28.6 Å². The second kappa shape index (κ2) is 6.53. The van der Waals surface area contributed by atoms with Gasteiger partial charge in [-0.3, -0.25) is 4.79 Å². The number of para-hydroxylation sites is 1. The van der Waals surface area contributed by atoms with Crippen molar-refractivity contribution in [1.29, 1.82) is 0 Å². The summed E-state index contributed by atoms with van der Waals surface area (Å²) in [6.07, 6.45) is 0. The fourth-order valence-electron chi connectivity index (χ4n) is 3.71. The van der Waals surface area contributed by atoms with Crippen LogP contribution in [0, 0.1) is 0 Å². The number of ether oxygens (including phenoxy) is 3. The van der Waals surface area contributed by atoms with Crippen LogP contribution in [-0.4, -0.2) is 32.1 Å². The van der Waals surface area contributed by atoms with E-state index in [1.54, 1.807) is 24.3 Å². The zero-order valence-corrected chi connectivity index (χ0v) is 15.3. The van der Waals surface area contributed by atoms with Gasteiger partial charge < -0.3 is 19.1 Å². The molecule has 1 amide bonds. The van der Waals surface area contributed by atoms with Crippen LogP contribution in [0.25, 0.3) is 0 Å². The molecule has 1 spiro atoms. The van der Waals surface area contributed by atoms with Crippen molar-refractivity contribution >= 4 is 23.5 Å². The van der Waals surface area contributed by atoms with Crippen LogP contribution in [0.5, 0.6) is 0 Å². The average molecular weight is 379 g/mol. The second-order valence-corrected chi connectivity index (χ2v) is 6.36. The third-order valence-corrected chi connectivity index (χ3v) is 4.91. The summed E-state index contributed by atoms with van der Waals surface area (Å²) in [5.41, 5.74) is -0.307. The Morgan fingerprint density at radius 3 is 2.39 bits per heavy atom. The predicted octanol–water partition coefficient (Wildman–Crippen LogP) is 2.06. The molecule has 4 rings (SSSR count).